The van der Waals surface area contributed by atoms with Crippen LogP contribution in [0.5, 0.6) is 5.75 Å². The van der Waals surface area contributed by atoms with Gasteiger partial charge in [0.15, 0.2) is 0 Å². The van der Waals surface area contributed by atoms with E-state index in [1.54, 1.807) is 32.9 Å². The van der Waals surface area contributed by atoms with E-state index in [1.165, 1.54) is 30.3 Å². The summed E-state index contributed by atoms with van der Waals surface area (Å²) >= 11 is 0. The first-order chi connectivity index (χ1) is 19.2. The number of aromatic hydroxyl groups is 1. The number of nitrogens with zero attached hydrogens (tertiary/aromatic N) is 1. The molecule has 0 saturated carbocycles. The van der Waals surface area contributed by atoms with E-state index in [2.05, 4.69) is 19.7 Å². The quantitative estimate of drug-likeness (QED) is 0.166. The number of phenols is 1. The molecule has 2 aromatic rings. The van der Waals surface area contributed by atoms with Gasteiger partial charge in [-0.2, -0.15) is 4.72 Å². The van der Waals surface area contributed by atoms with Crippen molar-refractivity contribution in [3.8, 4) is 5.75 Å². The second-order valence-corrected chi connectivity index (χ2v) is 13.9. The lowest BCUT2D eigenvalue weighted by Gasteiger charge is -2.34. The standard InChI is InChI=1S/C27H40N4O8S2/c1-5-39-27(34)26(18(2)3)30-41(37,38)22-9-7-21(8-10-22)31-14-12-20(13-15-31)28-17-25(33)19-6-11-24(32)23(16-19)29-40(4,35)36/h6-11,16,18,20,25-26,28-30,32-33H,5,12-15,17H2,1-4H3. The SMILES string of the molecule is CCOC(=O)C(NS(=O)(=O)c1ccc(N2CCC(NCC(O)c3ccc(O)c(NS(C)(=O)=O)c3)CC2)cc1)C(C)C. The van der Waals surface area contributed by atoms with Crippen molar-refractivity contribution in [3.05, 3.63) is 48.0 Å². The van der Waals surface area contributed by atoms with E-state index in [0.29, 0.717) is 5.56 Å². The molecule has 0 amide bonds. The highest BCUT2D eigenvalue weighted by Gasteiger charge is 2.30. The number of benzene rings is 2. The van der Waals surface area contributed by atoms with Gasteiger partial charge in [0.1, 0.15) is 11.8 Å². The van der Waals surface area contributed by atoms with Crippen LogP contribution in [0.3, 0.4) is 0 Å². The Morgan fingerprint density at radius 3 is 2.27 bits per heavy atom. The van der Waals surface area contributed by atoms with Gasteiger partial charge >= 0.3 is 5.97 Å². The first-order valence-electron chi connectivity index (χ1n) is 13.5. The van der Waals surface area contributed by atoms with E-state index in [4.69, 9.17) is 4.74 Å². The lowest BCUT2D eigenvalue weighted by Crippen LogP contribution is -2.45. The first kappa shape index (κ1) is 32.6. The van der Waals surface area contributed by atoms with Crippen LogP contribution in [-0.4, -0.2) is 77.6 Å². The largest absolute Gasteiger partial charge is 0.506 e. The van der Waals surface area contributed by atoms with Crippen LogP contribution in [0.4, 0.5) is 11.4 Å². The first-order valence-corrected chi connectivity index (χ1v) is 16.8. The summed E-state index contributed by atoms with van der Waals surface area (Å²) < 4.78 is 58.5. The summed E-state index contributed by atoms with van der Waals surface area (Å²) in [4.78, 5) is 14.4. The average Bonchev–Trinajstić information content (AvgIpc) is 2.91. The number of hydrogen-bond donors (Lipinski definition) is 5. The number of aliphatic hydroxyl groups excluding tert-OH is 1. The zero-order chi connectivity index (χ0) is 30.4. The molecule has 14 heteroatoms. The molecule has 1 aliphatic rings. The van der Waals surface area contributed by atoms with Crippen LogP contribution >= 0.6 is 0 Å². The summed E-state index contributed by atoms with van der Waals surface area (Å²) in [5.41, 5.74) is 1.35. The number of rotatable bonds is 13. The number of carbonyl (C=O) groups is 1. The minimum atomic E-state index is -3.93. The van der Waals surface area contributed by atoms with Gasteiger partial charge in [-0.05, 0) is 67.6 Å². The van der Waals surface area contributed by atoms with E-state index >= 15 is 0 Å². The second-order valence-electron chi connectivity index (χ2n) is 10.4. The third-order valence-electron chi connectivity index (χ3n) is 6.80. The normalized spacial score (nSPS) is 16.4. The van der Waals surface area contributed by atoms with Gasteiger partial charge in [0.25, 0.3) is 0 Å². The number of piperidine rings is 1. The molecule has 228 valence electrons. The van der Waals surface area contributed by atoms with Gasteiger partial charge in [-0.3, -0.25) is 9.52 Å². The average molecular weight is 613 g/mol. The zero-order valence-corrected chi connectivity index (χ0v) is 25.3. The van der Waals surface area contributed by atoms with Crippen molar-refractivity contribution in [1.82, 2.24) is 10.0 Å². The summed E-state index contributed by atoms with van der Waals surface area (Å²) in [5.74, 6) is -1.12. The molecule has 2 unspecified atom stereocenters. The molecule has 1 heterocycles. The predicted molar refractivity (Wildman–Crippen MR) is 157 cm³/mol. The third kappa shape index (κ3) is 9.30. The van der Waals surface area contributed by atoms with Crippen LogP contribution in [-0.2, 0) is 29.6 Å². The van der Waals surface area contributed by atoms with Crippen molar-refractivity contribution in [2.75, 3.05) is 42.1 Å². The Morgan fingerprint density at radius 1 is 1.07 bits per heavy atom. The number of carbonyl (C=O) groups excluding carboxylic acids is 1. The fourth-order valence-electron chi connectivity index (χ4n) is 4.54. The van der Waals surface area contributed by atoms with E-state index < -0.39 is 38.2 Å². The highest BCUT2D eigenvalue weighted by Crippen LogP contribution is 2.28. The van der Waals surface area contributed by atoms with Crippen LogP contribution < -0.4 is 19.7 Å². The lowest BCUT2D eigenvalue weighted by atomic mass is 10.0. The number of aliphatic hydroxyl groups is 1. The summed E-state index contributed by atoms with van der Waals surface area (Å²) in [7, 11) is -7.51. The summed E-state index contributed by atoms with van der Waals surface area (Å²) in [6.07, 6.45) is 1.66. The van der Waals surface area contributed by atoms with Crippen LogP contribution in [0.15, 0.2) is 47.4 Å². The maximum Gasteiger partial charge on any atom is 0.324 e. The maximum atomic E-state index is 12.9. The van der Waals surface area contributed by atoms with E-state index in [9.17, 15) is 31.8 Å². The number of ether oxygens (including phenoxy) is 1. The molecule has 5 N–H and O–H groups in total. The van der Waals surface area contributed by atoms with Crippen molar-refractivity contribution < 1.29 is 36.6 Å². The number of nitrogens with one attached hydrogen (secondary N) is 3. The maximum absolute atomic E-state index is 12.9. The molecule has 1 saturated heterocycles. The number of hydrogen-bond acceptors (Lipinski definition) is 10. The summed E-state index contributed by atoms with van der Waals surface area (Å²) in [5, 5.41) is 23.9. The van der Waals surface area contributed by atoms with Gasteiger partial charge in [-0.25, -0.2) is 16.8 Å². The van der Waals surface area contributed by atoms with Gasteiger partial charge in [-0.1, -0.05) is 19.9 Å². The zero-order valence-electron chi connectivity index (χ0n) is 23.7. The third-order valence-corrected chi connectivity index (χ3v) is 8.84. The van der Waals surface area contributed by atoms with Gasteiger partial charge in [0, 0.05) is 31.4 Å². The monoisotopic (exact) mass is 612 g/mol. The fraction of sp³-hybridized carbons (Fsp3) is 0.519. The van der Waals surface area contributed by atoms with Gasteiger partial charge in [0.2, 0.25) is 20.0 Å². The molecule has 2 atom stereocenters. The molecule has 12 nitrogen and oxygen atoms in total. The molecule has 0 radical (unpaired) electrons. The predicted octanol–water partition coefficient (Wildman–Crippen LogP) is 1.92. The molecule has 3 rings (SSSR count). The van der Waals surface area contributed by atoms with E-state index in [0.717, 1.165) is 37.9 Å². The molecule has 0 bridgehead atoms. The van der Waals surface area contributed by atoms with Gasteiger partial charge in [-0.15, -0.1) is 0 Å². The molecule has 2 aromatic carbocycles. The Labute approximate surface area is 242 Å². The topological polar surface area (TPSA) is 174 Å². The molecule has 1 aliphatic heterocycles. The Kier molecular flexibility index (Phi) is 11.0. The van der Waals surface area contributed by atoms with Crippen molar-refractivity contribution in [1.29, 1.82) is 0 Å². The van der Waals surface area contributed by atoms with E-state index in [-0.39, 0.29) is 41.4 Å². The molecular formula is C27H40N4O8S2. The minimum absolute atomic E-state index is 0.00527. The van der Waals surface area contributed by atoms with Crippen LogP contribution in [0.2, 0.25) is 0 Å². The summed E-state index contributed by atoms with van der Waals surface area (Å²) in [6, 6.07) is 9.97. The number of phenolic OH excluding ortho intramolecular Hbond substituents is 1. The molecule has 41 heavy (non-hydrogen) atoms. The van der Waals surface area contributed by atoms with Crippen molar-refractivity contribution in [2.24, 2.45) is 5.92 Å². The van der Waals surface area contributed by atoms with Gasteiger partial charge < -0.3 is 25.2 Å². The van der Waals surface area contributed by atoms with Crippen molar-refractivity contribution in [3.63, 3.8) is 0 Å². The van der Waals surface area contributed by atoms with Crippen LogP contribution in [0.25, 0.3) is 0 Å². The minimum Gasteiger partial charge on any atom is -0.506 e. The highest BCUT2D eigenvalue weighted by atomic mass is 32.2. The Bertz CT molecular complexity index is 1390. The molecule has 0 aliphatic carbocycles. The smallest absolute Gasteiger partial charge is 0.324 e. The second kappa shape index (κ2) is 13.8. The number of sulfonamides is 2. The Balaban J connectivity index is 1.53. The molecule has 0 spiro atoms. The summed E-state index contributed by atoms with van der Waals surface area (Å²) in [6.45, 7) is 7.01. The number of esters is 1. The Hall–Kier alpha value is -2.91. The molecular weight excluding hydrogens is 572 g/mol. The van der Waals surface area contributed by atoms with Gasteiger partial charge in [0.05, 0.1) is 29.5 Å². The Morgan fingerprint density at radius 2 is 1.71 bits per heavy atom. The van der Waals surface area contributed by atoms with Crippen molar-refractivity contribution >= 4 is 37.4 Å². The molecule has 0 aromatic heterocycles. The highest BCUT2D eigenvalue weighted by molar-refractivity contribution is 7.92. The molecule has 1 fully saturated rings. The number of anilines is 2. The van der Waals surface area contributed by atoms with Crippen LogP contribution in [0.1, 0.15) is 45.3 Å². The fourth-order valence-corrected chi connectivity index (χ4v) is 6.44. The van der Waals surface area contributed by atoms with E-state index in [1.807, 2.05) is 0 Å². The lowest BCUT2D eigenvalue weighted by molar-refractivity contribution is -0.146. The van der Waals surface area contributed by atoms with Crippen molar-refractivity contribution in [2.45, 2.75) is 56.7 Å². The van der Waals surface area contributed by atoms with Crippen LogP contribution in [0, 0.1) is 5.92 Å².